The molecule has 0 unspecified atom stereocenters. The zero-order chi connectivity index (χ0) is 8.97. The summed E-state index contributed by atoms with van der Waals surface area (Å²) in [6.07, 6.45) is 1.27. The van der Waals surface area contributed by atoms with Crippen molar-refractivity contribution in [1.29, 1.82) is 5.26 Å². The molecule has 0 aromatic carbocycles. The van der Waals surface area contributed by atoms with E-state index in [9.17, 15) is 4.39 Å². The lowest BCUT2D eigenvalue weighted by molar-refractivity contribution is 0.617. The maximum absolute atomic E-state index is 12.8. The Morgan fingerprint density at radius 2 is 2.33 bits per heavy atom. The summed E-state index contributed by atoms with van der Waals surface area (Å²) in [6, 6.07) is 2.65. The van der Waals surface area contributed by atoms with Gasteiger partial charge < -0.3 is 0 Å². The number of hydrogen-bond acceptors (Lipinski definition) is 2. The zero-order valence-electron chi connectivity index (χ0n) is 5.81. The average molecular weight is 181 g/mol. The number of rotatable bonds is 0. The third-order valence-corrected chi connectivity index (χ3v) is 1.25. The predicted molar refractivity (Wildman–Crippen MR) is 41.7 cm³/mol. The van der Waals surface area contributed by atoms with E-state index < -0.39 is 5.82 Å². The van der Waals surface area contributed by atoms with Crippen molar-refractivity contribution in [3.8, 4) is 17.9 Å². The van der Waals surface area contributed by atoms with Gasteiger partial charge in [0.15, 0.2) is 11.9 Å². The molecule has 0 aliphatic rings. The maximum atomic E-state index is 12.8. The first-order valence-electron chi connectivity index (χ1n) is 2.95. The van der Waals surface area contributed by atoms with Crippen LogP contribution in [0.1, 0.15) is 5.69 Å². The van der Waals surface area contributed by atoms with Crippen LogP contribution in [0.2, 0.25) is 5.02 Å². The fourth-order valence-electron chi connectivity index (χ4n) is 0.594. The Bertz CT molecular complexity index is 398. The topological polar surface area (TPSA) is 36.7 Å². The van der Waals surface area contributed by atoms with Crippen LogP contribution in [0.25, 0.3) is 0 Å². The Kier molecular flexibility index (Phi) is 2.63. The summed E-state index contributed by atoms with van der Waals surface area (Å²) in [6.45, 7) is 0. The van der Waals surface area contributed by atoms with Crippen molar-refractivity contribution in [3.05, 3.63) is 28.8 Å². The molecule has 0 fully saturated rings. The maximum Gasteiger partial charge on any atom is 0.158 e. The van der Waals surface area contributed by atoms with Crippen LogP contribution in [0.3, 0.4) is 0 Å². The molecule has 1 aromatic heterocycles. The molecule has 0 radical (unpaired) electrons. The molecule has 1 aromatic rings. The van der Waals surface area contributed by atoms with Gasteiger partial charge in [0, 0.05) is 12.1 Å². The van der Waals surface area contributed by atoms with Gasteiger partial charge in [0.25, 0.3) is 0 Å². The van der Waals surface area contributed by atoms with Crippen LogP contribution < -0.4 is 0 Å². The van der Waals surface area contributed by atoms with E-state index in [1.165, 1.54) is 6.20 Å². The predicted octanol–water partition coefficient (Wildman–Crippen LogP) is 1.75. The molecule has 0 amide bonds. The first kappa shape index (κ1) is 8.52. The third-order valence-electron chi connectivity index (χ3n) is 1.04. The molecule has 0 saturated heterocycles. The zero-order valence-corrected chi connectivity index (χ0v) is 6.56. The molecule has 1 heterocycles. The lowest BCUT2D eigenvalue weighted by Gasteiger charge is -1.92. The van der Waals surface area contributed by atoms with Gasteiger partial charge >= 0.3 is 0 Å². The summed E-state index contributed by atoms with van der Waals surface area (Å²) < 4.78 is 12.8. The van der Waals surface area contributed by atoms with Gasteiger partial charge in [-0.15, -0.1) is 0 Å². The number of halogens is 2. The van der Waals surface area contributed by atoms with Gasteiger partial charge in [0.2, 0.25) is 0 Å². The Morgan fingerprint density at radius 3 is 2.92 bits per heavy atom. The van der Waals surface area contributed by atoms with E-state index in [-0.39, 0.29) is 10.7 Å². The van der Waals surface area contributed by atoms with E-state index in [1.54, 1.807) is 6.07 Å². The van der Waals surface area contributed by atoms with Crippen LogP contribution in [0, 0.1) is 29.0 Å². The summed E-state index contributed by atoms with van der Waals surface area (Å²) in [5.41, 5.74) is -0.0686. The molecule has 12 heavy (non-hydrogen) atoms. The van der Waals surface area contributed by atoms with E-state index >= 15 is 0 Å². The largest absolute Gasteiger partial charge is 0.243 e. The lowest BCUT2D eigenvalue weighted by Crippen LogP contribution is -1.87. The van der Waals surface area contributed by atoms with Crippen LogP contribution >= 0.6 is 11.6 Å². The van der Waals surface area contributed by atoms with Gasteiger partial charge in [-0.1, -0.05) is 11.6 Å². The van der Waals surface area contributed by atoms with Crippen LogP contribution in [0.4, 0.5) is 4.39 Å². The Hall–Kier alpha value is -1.58. The first-order chi connectivity index (χ1) is 5.74. The highest BCUT2D eigenvalue weighted by Gasteiger charge is 2.00. The average Bonchev–Trinajstić information content (AvgIpc) is 2.03. The van der Waals surface area contributed by atoms with Crippen LogP contribution in [-0.2, 0) is 0 Å². The van der Waals surface area contributed by atoms with Crippen molar-refractivity contribution < 1.29 is 4.39 Å². The monoisotopic (exact) mass is 180 g/mol. The van der Waals surface area contributed by atoms with Gasteiger partial charge in [-0.2, -0.15) is 5.26 Å². The van der Waals surface area contributed by atoms with Gasteiger partial charge in [0.05, 0.1) is 5.02 Å². The minimum atomic E-state index is -0.620. The standard InChI is InChI=1S/C8H2ClFN2/c9-6-4-7(10)8(12-5-6)2-1-3-11/h4-5H. The van der Waals surface area contributed by atoms with Gasteiger partial charge in [0.1, 0.15) is 5.69 Å². The molecule has 0 spiro atoms. The second-order valence-electron chi connectivity index (χ2n) is 1.85. The lowest BCUT2D eigenvalue weighted by atomic mass is 10.3. The highest BCUT2D eigenvalue weighted by Crippen LogP contribution is 2.10. The summed E-state index contributed by atoms with van der Waals surface area (Å²) in [4.78, 5) is 3.58. The van der Waals surface area contributed by atoms with E-state index in [0.717, 1.165) is 6.07 Å². The molecule has 0 aliphatic heterocycles. The van der Waals surface area contributed by atoms with Crippen molar-refractivity contribution in [1.82, 2.24) is 4.98 Å². The molecular formula is C8H2ClFN2. The molecule has 1 rings (SSSR count). The van der Waals surface area contributed by atoms with Crippen molar-refractivity contribution in [2.45, 2.75) is 0 Å². The molecule has 0 saturated carbocycles. The summed E-state index contributed by atoms with van der Waals surface area (Å²) >= 11 is 5.44. The second-order valence-corrected chi connectivity index (χ2v) is 2.28. The van der Waals surface area contributed by atoms with Crippen molar-refractivity contribution in [2.75, 3.05) is 0 Å². The highest BCUT2D eigenvalue weighted by molar-refractivity contribution is 6.30. The molecular weight excluding hydrogens is 179 g/mol. The summed E-state index contributed by atoms with van der Waals surface area (Å²) in [7, 11) is 0. The van der Waals surface area contributed by atoms with E-state index in [2.05, 4.69) is 10.9 Å². The quantitative estimate of drug-likeness (QED) is 0.571. The molecule has 4 heteroatoms. The molecule has 0 aliphatic carbocycles. The molecule has 58 valence electrons. The van der Waals surface area contributed by atoms with Gasteiger partial charge in [-0.25, -0.2) is 9.37 Å². The number of nitrogens with zero attached hydrogens (tertiary/aromatic N) is 2. The number of pyridine rings is 1. The molecule has 0 atom stereocenters. The number of hydrogen-bond donors (Lipinski definition) is 0. The normalized spacial score (nSPS) is 8.08. The highest BCUT2D eigenvalue weighted by atomic mass is 35.5. The Balaban J connectivity index is 3.12. The van der Waals surface area contributed by atoms with E-state index in [1.807, 2.05) is 5.92 Å². The SMILES string of the molecule is N#CC#Cc1ncc(Cl)cc1F. The van der Waals surface area contributed by atoms with E-state index in [4.69, 9.17) is 16.9 Å². The smallest absolute Gasteiger partial charge is 0.158 e. The molecule has 0 N–H and O–H groups in total. The van der Waals surface area contributed by atoms with Gasteiger partial charge in [-0.05, 0) is 12.0 Å². The van der Waals surface area contributed by atoms with Crippen LogP contribution in [0.15, 0.2) is 12.3 Å². The second kappa shape index (κ2) is 3.71. The van der Waals surface area contributed by atoms with Crippen LogP contribution in [-0.4, -0.2) is 4.98 Å². The Labute approximate surface area is 73.6 Å². The fraction of sp³-hybridized carbons (Fsp3) is 0. The fourth-order valence-corrected chi connectivity index (χ4v) is 0.738. The van der Waals surface area contributed by atoms with Gasteiger partial charge in [-0.3, -0.25) is 0 Å². The summed E-state index contributed by atoms with van der Waals surface area (Å²) in [5, 5.41) is 8.28. The number of aromatic nitrogens is 1. The van der Waals surface area contributed by atoms with Crippen LogP contribution in [0.5, 0.6) is 0 Å². The minimum absolute atomic E-state index is 0.0686. The molecule has 0 bridgehead atoms. The van der Waals surface area contributed by atoms with Crippen molar-refractivity contribution >= 4 is 11.6 Å². The van der Waals surface area contributed by atoms with Crippen molar-refractivity contribution in [3.63, 3.8) is 0 Å². The van der Waals surface area contributed by atoms with E-state index in [0.29, 0.717) is 0 Å². The van der Waals surface area contributed by atoms with Crippen molar-refractivity contribution in [2.24, 2.45) is 0 Å². The Morgan fingerprint density at radius 1 is 1.58 bits per heavy atom. The first-order valence-corrected chi connectivity index (χ1v) is 3.33. The minimum Gasteiger partial charge on any atom is -0.243 e. The number of nitriles is 1. The summed E-state index contributed by atoms with van der Waals surface area (Å²) in [5.74, 6) is 3.65. The molecule has 2 nitrogen and oxygen atoms in total. The third kappa shape index (κ3) is 1.95.